The Balaban J connectivity index is 1.91. The van der Waals surface area contributed by atoms with Crippen molar-refractivity contribution in [2.75, 3.05) is 0 Å². The zero-order chi connectivity index (χ0) is 17.7. The summed E-state index contributed by atoms with van der Waals surface area (Å²) in [5.41, 5.74) is 1.57. The van der Waals surface area contributed by atoms with Crippen molar-refractivity contribution in [2.45, 2.75) is 39.1 Å². The summed E-state index contributed by atoms with van der Waals surface area (Å²) in [5, 5.41) is 2.76. The van der Waals surface area contributed by atoms with Crippen LogP contribution in [0.3, 0.4) is 0 Å². The summed E-state index contributed by atoms with van der Waals surface area (Å²) >= 11 is 0. The van der Waals surface area contributed by atoms with Gasteiger partial charge in [-0.15, -0.1) is 0 Å². The Labute approximate surface area is 142 Å². The molecule has 7 heteroatoms. The molecule has 1 amide bonds. The molecule has 0 atom stereocenters. The van der Waals surface area contributed by atoms with Crippen LogP contribution < -0.4 is 10.0 Å². The first-order valence-electron chi connectivity index (χ1n) is 7.67. The van der Waals surface area contributed by atoms with E-state index in [2.05, 4.69) is 10.0 Å². The van der Waals surface area contributed by atoms with Crippen molar-refractivity contribution in [3.63, 3.8) is 0 Å². The normalized spacial score (nSPS) is 11.7. The summed E-state index contributed by atoms with van der Waals surface area (Å²) < 4.78 is 31.6. The van der Waals surface area contributed by atoms with Crippen LogP contribution in [-0.4, -0.2) is 20.4 Å². The molecule has 1 heterocycles. The van der Waals surface area contributed by atoms with Crippen molar-refractivity contribution in [1.29, 1.82) is 0 Å². The van der Waals surface area contributed by atoms with E-state index in [1.54, 1.807) is 57.2 Å². The van der Waals surface area contributed by atoms with Crippen molar-refractivity contribution in [3.05, 3.63) is 59.0 Å². The minimum atomic E-state index is -3.34. The monoisotopic (exact) mass is 350 g/mol. The molecule has 0 fully saturated rings. The number of hydrogen-bond acceptors (Lipinski definition) is 4. The number of carbonyl (C=O) groups excluding carboxylic acids is 1. The predicted octanol–water partition coefficient (Wildman–Crippen LogP) is 2.35. The smallest absolute Gasteiger partial charge is 0.287 e. The van der Waals surface area contributed by atoms with Gasteiger partial charge in [0, 0.05) is 12.6 Å². The average Bonchev–Trinajstić information content (AvgIpc) is 2.91. The summed E-state index contributed by atoms with van der Waals surface area (Å²) in [6.07, 6.45) is 0. The molecule has 0 saturated heterocycles. The molecule has 0 aliphatic carbocycles. The van der Waals surface area contributed by atoms with Crippen molar-refractivity contribution < 1.29 is 17.6 Å². The Bertz CT molecular complexity index is 792. The Kier molecular flexibility index (Phi) is 5.80. The highest BCUT2D eigenvalue weighted by molar-refractivity contribution is 7.88. The van der Waals surface area contributed by atoms with Gasteiger partial charge in [0.05, 0.1) is 5.75 Å². The van der Waals surface area contributed by atoms with E-state index in [9.17, 15) is 13.2 Å². The number of nitrogens with one attached hydrogen (secondary N) is 2. The highest BCUT2D eigenvalue weighted by Crippen LogP contribution is 2.10. The molecule has 0 aliphatic rings. The van der Waals surface area contributed by atoms with Crippen LogP contribution in [0.15, 0.2) is 40.8 Å². The third-order valence-electron chi connectivity index (χ3n) is 3.21. The van der Waals surface area contributed by atoms with E-state index in [1.165, 1.54) is 0 Å². The second-order valence-corrected chi connectivity index (χ2v) is 7.69. The third-order valence-corrected chi connectivity index (χ3v) is 4.76. The number of sulfonamides is 1. The van der Waals surface area contributed by atoms with E-state index >= 15 is 0 Å². The third kappa shape index (κ3) is 5.50. The van der Waals surface area contributed by atoms with E-state index in [4.69, 9.17) is 4.42 Å². The van der Waals surface area contributed by atoms with E-state index in [-0.39, 0.29) is 23.5 Å². The summed E-state index contributed by atoms with van der Waals surface area (Å²) in [6, 6.07) is 10.3. The van der Waals surface area contributed by atoms with Gasteiger partial charge in [0.1, 0.15) is 5.76 Å². The van der Waals surface area contributed by atoms with Gasteiger partial charge in [-0.3, -0.25) is 4.79 Å². The van der Waals surface area contributed by atoms with Crippen LogP contribution in [0, 0.1) is 6.92 Å². The maximum absolute atomic E-state index is 11.9. The fraction of sp³-hybridized carbons (Fsp3) is 0.353. The molecular formula is C17H22N2O4S. The van der Waals surface area contributed by atoms with E-state index in [1.807, 2.05) is 0 Å². The molecule has 0 radical (unpaired) electrons. The van der Waals surface area contributed by atoms with Gasteiger partial charge in [-0.05, 0) is 44.0 Å². The van der Waals surface area contributed by atoms with Gasteiger partial charge < -0.3 is 9.73 Å². The Hall–Kier alpha value is -2.12. The molecule has 2 aromatic rings. The maximum Gasteiger partial charge on any atom is 0.287 e. The Morgan fingerprint density at radius 1 is 1.08 bits per heavy atom. The van der Waals surface area contributed by atoms with Crippen molar-refractivity contribution in [2.24, 2.45) is 0 Å². The standard InChI is InChI=1S/C17H22N2O4S/c1-12(2)19-24(21,22)11-15-7-5-14(6-8-15)10-18-17(20)16-9-4-13(3)23-16/h4-9,12,19H,10-11H2,1-3H3,(H,18,20). The lowest BCUT2D eigenvalue weighted by Crippen LogP contribution is -2.31. The molecule has 130 valence electrons. The van der Waals surface area contributed by atoms with Crippen LogP contribution in [0.25, 0.3) is 0 Å². The molecule has 0 unspecified atom stereocenters. The van der Waals surface area contributed by atoms with Gasteiger partial charge in [0.25, 0.3) is 5.91 Å². The average molecular weight is 350 g/mol. The molecule has 2 N–H and O–H groups in total. The predicted molar refractivity (Wildman–Crippen MR) is 92.0 cm³/mol. The highest BCUT2D eigenvalue weighted by Gasteiger charge is 2.13. The molecule has 0 aliphatic heterocycles. The SMILES string of the molecule is Cc1ccc(C(=O)NCc2ccc(CS(=O)(=O)NC(C)C)cc2)o1. The zero-order valence-corrected chi connectivity index (χ0v) is 14.8. The summed E-state index contributed by atoms with van der Waals surface area (Å²) in [4.78, 5) is 11.9. The number of rotatable bonds is 7. The summed E-state index contributed by atoms with van der Waals surface area (Å²) in [6.45, 7) is 5.68. The second-order valence-electron chi connectivity index (χ2n) is 5.94. The highest BCUT2D eigenvalue weighted by atomic mass is 32.2. The van der Waals surface area contributed by atoms with Crippen LogP contribution in [0.2, 0.25) is 0 Å². The quantitative estimate of drug-likeness (QED) is 0.802. The lowest BCUT2D eigenvalue weighted by molar-refractivity contribution is 0.0922. The summed E-state index contributed by atoms with van der Waals surface area (Å²) in [5.74, 6) is 0.607. The van der Waals surface area contributed by atoms with Crippen molar-refractivity contribution in [3.8, 4) is 0 Å². The number of furan rings is 1. The van der Waals surface area contributed by atoms with Gasteiger partial charge in [0.2, 0.25) is 10.0 Å². The molecule has 6 nitrogen and oxygen atoms in total. The minimum Gasteiger partial charge on any atom is -0.456 e. The second kappa shape index (κ2) is 7.63. The van der Waals surface area contributed by atoms with Crippen LogP contribution in [0.5, 0.6) is 0 Å². The van der Waals surface area contributed by atoms with Gasteiger partial charge in [-0.1, -0.05) is 24.3 Å². The fourth-order valence-corrected chi connectivity index (χ4v) is 3.63. The van der Waals surface area contributed by atoms with E-state index < -0.39 is 10.0 Å². The summed E-state index contributed by atoms with van der Waals surface area (Å²) in [7, 11) is -3.34. The largest absolute Gasteiger partial charge is 0.456 e. The first-order valence-corrected chi connectivity index (χ1v) is 9.33. The molecule has 0 bridgehead atoms. The van der Waals surface area contributed by atoms with E-state index in [0.29, 0.717) is 17.9 Å². The van der Waals surface area contributed by atoms with Crippen LogP contribution in [-0.2, 0) is 22.3 Å². The van der Waals surface area contributed by atoms with Crippen molar-refractivity contribution >= 4 is 15.9 Å². The molecule has 1 aromatic heterocycles. The molecule has 1 aromatic carbocycles. The number of hydrogen-bond donors (Lipinski definition) is 2. The zero-order valence-electron chi connectivity index (χ0n) is 14.0. The van der Waals surface area contributed by atoms with Crippen molar-refractivity contribution in [1.82, 2.24) is 10.0 Å². The molecule has 0 saturated carbocycles. The Morgan fingerprint density at radius 2 is 1.71 bits per heavy atom. The lowest BCUT2D eigenvalue weighted by Gasteiger charge is -2.10. The number of carbonyl (C=O) groups is 1. The lowest BCUT2D eigenvalue weighted by atomic mass is 10.1. The molecule has 24 heavy (non-hydrogen) atoms. The Morgan fingerprint density at radius 3 is 2.25 bits per heavy atom. The molecule has 2 rings (SSSR count). The number of benzene rings is 1. The van der Waals surface area contributed by atoms with Crippen LogP contribution in [0.4, 0.5) is 0 Å². The first kappa shape index (κ1) is 18.2. The number of amides is 1. The maximum atomic E-state index is 11.9. The molecular weight excluding hydrogens is 328 g/mol. The topological polar surface area (TPSA) is 88.4 Å². The van der Waals surface area contributed by atoms with Gasteiger partial charge in [-0.2, -0.15) is 0 Å². The fourth-order valence-electron chi connectivity index (χ4n) is 2.20. The first-order chi connectivity index (χ1) is 11.2. The van der Waals surface area contributed by atoms with Crippen LogP contribution in [0.1, 0.15) is 41.3 Å². The molecule has 0 spiro atoms. The van der Waals surface area contributed by atoms with Crippen LogP contribution >= 0.6 is 0 Å². The van der Waals surface area contributed by atoms with Gasteiger partial charge >= 0.3 is 0 Å². The van der Waals surface area contributed by atoms with Gasteiger partial charge in [-0.25, -0.2) is 13.1 Å². The van der Waals surface area contributed by atoms with E-state index in [0.717, 1.165) is 5.56 Å². The van der Waals surface area contributed by atoms with Gasteiger partial charge in [0.15, 0.2) is 5.76 Å². The number of aryl methyl sites for hydroxylation is 1. The minimum absolute atomic E-state index is 0.0660.